The molecule has 9 heteroatoms. The van der Waals surface area contributed by atoms with Gasteiger partial charge in [-0.05, 0) is 73.4 Å². The van der Waals surface area contributed by atoms with Crippen molar-refractivity contribution >= 4 is 57.6 Å². The standard InChI is InChI=1S/C36H33Cl3N2O4/c1-36(2,3)33(43)32-24(9-5-4-8-18-40-34(44)26-10-6-7-11-30(26)42)28-20-27(21-12-14-22(37)15-13-21)31(41-35(28)45-32)25-17-16-23(38)19-29(25)39/h6-7,10-17,19-20,42H,4-5,8-9,18H2,1-3H3,(H,40,44). The van der Waals surface area contributed by atoms with Gasteiger partial charge < -0.3 is 14.8 Å². The highest BCUT2D eigenvalue weighted by Crippen LogP contribution is 2.41. The van der Waals surface area contributed by atoms with Crippen LogP contribution in [-0.4, -0.2) is 28.3 Å². The van der Waals surface area contributed by atoms with E-state index in [1.807, 2.05) is 57.2 Å². The van der Waals surface area contributed by atoms with Crippen LogP contribution < -0.4 is 5.32 Å². The van der Waals surface area contributed by atoms with Crippen molar-refractivity contribution in [2.24, 2.45) is 5.41 Å². The van der Waals surface area contributed by atoms with Crippen LogP contribution in [0.25, 0.3) is 33.5 Å². The van der Waals surface area contributed by atoms with E-state index in [1.165, 1.54) is 6.07 Å². The van der Waals surface area contributed by atoms with Crippen LogP contribution in [0.4, 0.5) is 0 Å². The van der Waals surface area contributed by atoms with E-state index in [-0.39, 0.29) is 23.0 Å². The molecule has 0 atom stereocenters. The van der Waals surface area contributed by atoms with E-state index in [4.69, 9.17) is 44.2 Å². The van der Waals surface area contributed by atoms with Gasteiger partial charge in [0.15, 0.2) is 5.76 Å². The maximum atomic E-state index is 13.6. The van der Waals surface area contributed by atoms with Gasteiger partial charge in [0.25, 0.3) is 5.91 Å². The van der Waals surface area contributed by atoms with E-state index in [1.54, 1.807) is 30.3 Å². The first-order valence-corrected chi connectivity index (χ1v) is 15.9. The molecule has 0 radical (unpaired) electrons. The van der Waals surface area contributed by atoms with Crippen molar-refractivity contribution in [2.45, 2.75) is 46.5 Å². The fraction of sp³-hybridized carbons (Fsp3) is 0.250. The summed E-state index contributed by atoms with van der Waals surface area (Å²) < 4.78 is 6.26. The van der Waals surface area contributed by atoms with Crippen LogP contribution in [0.15, 0.2) is 77.2 Å². The normalized spacial score (nSPS) is 11.6. The Morgan fingerprint density at radius 2 is 1.58 bits per heavy atom. The summed E-state index contributed by atoms with van der Waals surface area (Å²) in [7, 11) is 0. The minimum atomic E-state index is -0.669. The van der Waals surface area contributed by atoms with Crippen LogP contribution in [0.1, 0.15) is 66.5 Å². The van der Waals surface area contributed by atoms with Gasteiger partial charge in [-0.25, -0.2) is 4.98 Å². The van der Waals surface area contributed by atoms with Crippen molar-refractivity contribution < 1.29 is 19.1 Å². The largest absolute Gasteiger partial charge is 0.507 e. The lowest BCUT2D eigenvalue weighted by molar-refractivity contribution is 0.0828. The summed E-state index contributed by atoms with van der Waals surface area (Å²) in [6.07, 6.45) is 2.87. The number of nitrogens with one attached hydrogen (secondary N) is 1. The fourth-order valence-corrected chi connectivity index (χ4v) is 5.77. The number of ketones is 1. The van der Waals surface area contributed by atoms with Crippen molar-refractivity contribution in [2.75, 3.05) is 6.54 Å². The molecule has 0 saturated heterocycles. The third kappa shape index (κ3) is 7.36. The molecule has 0 saturated carbocycles. The number of halogens is 3. The van der Waals surface area contributed by atoms with Crippen molar-refractivity contribution in [1.82, 2.24) is 10.3 Å². The van der Waals surface area contributed by atoms with Gasteiger partial charge in [0.05, 0.1) is 16.3 Å². The third-order valence-corrected chi connectivity index (χ3v) is 8.35. The van der Waals surface area contributed by atoms with Crippen LogP contribution in [0.3, 0.4) is 0 Å². The fourth-order valence-electron chi connectivity index (χ4n) is 5.15. The Morgan fingerprint density at radius 1 is 0.867 bits per heavy atom. The maximum Gasteiger partial charge on any atom is 0.255 e. The number of nitrogens with zero attached hydrogens (tertiary/aromatic N) is 1. The number of phenols is 1. The van der Waals surface area contributed by atoms with Gasteiger partial charge in [-0.2, -0.15) is 0 Å². The molecule has 0 aliphatic carbocycles. The van der Waals surface area contributed by atoms with E-state index >= 15 is 0 Å². The molecule has 1 amide bonds. The van der Waals surface area contributed by atoms with E-state index in [2.05, 4.69) is 5.32 Å². The lowest BCUT2D eigenvalue weighted by Gasteiger charge is -2.15. The summed E-state index contributed by atoms with van der Waals surface area (Å²) in [4.78, 5) is 31.0. The summed E-state index contributed by atoms with van der Waals surface area (Å²) in [6.45, 7) is 6.06. The van der Waals surface area contributed by atoms with Crippen LogP contribution in [-0.2, 0) is 6.42 Å². The Balaban J connectivity index is 1.47. The molecule has 0 unspecified atom stereocenters. The monoisotopic (exact) mass is 662 g/mol. The van der Waals surface area contributed by atoms with E-state index in [0.717, 1.165) is 41.3 Å². The number of hydrogen-bond acceptors (Lipinski definition) is 5. The predicted octanol–water partition coefficient (Wildman–Crippen LogP) is 10.2. The van der Waals surface area contributed by atoms with Crippen LogP contribution in [0.2, 0.25) is 15.1 Å². The Kier molecular flexibility index (Phi) is 9.88. The summed E-state index contributed by atoms with van der Waals surface area (Å²) in [5.74, 6) is -0.167. The van der Waals surface area contributed by atoms with Crippen molar-refractivity contribution in [3.63, 3.8) is 0 Å². The second-order valence-electron chi connectivity index (χ2n) is 11.9. The molecule has 2 aromatic heterocycles. The molecular weight excluding hydrogens is 631 g/mol. The van der Waals surface area contributed by atoms with Crippen molar-refractivity contribution in [1.29, 1.82) is 0 Å². The minimum absolute atomic E-state index is 0.0500. The first-order chi connectivity index (χ1) is 21.4. The quantitative estimate of drug-likeness (QED) is 0.115. The molecule has 5 rings (SSSR count). The summed E-state index contributed by atoms with van der Waals surface area (Å²) in [5.41, 5.74) is 3.71. The number of aromatic hydroxyl groups is 1. The van der Waals surface area contributed by atoms with Crippen LogP contribution in [0, 0.1) is 5.41 Å². The van der Waals surface area contributed by atoms with Crippen LogP contribution >= 0.6 is 34.8 Å². The van der Waals surface area contributed by atoms with Crippen molar-refractivity contribution in [3.8, 4) is 28.1 Å². The molecule has 0 spiro atoms. The zero-order valence-corrected chi connectivity index (χ0v) is 27.5. The number of aryl methyl sites for hydroxylation is 1. The Labute approximate surface area is 277 Å². The van der Waals surface area contributed by atoms with E-state index in [0.29, 0.717) is 50.8 Å². The Bertz CT molecular complexity index is 1870. The zero-order valence-electron chi connectivity index (χ0n) is 25.2. The summed E-state index contributed by atoms with van der Waals surface area (Å²) in [5, 5.41) is 15.1. The summed E-state index contributed by atoms with van der Waals surface area (Å²) >= 11 is 19.1. The molecule has 0 fully saturated rings. The molecule has 0 aliphatic heterocycles. The number of aromatic nitrogens is 1. The molecule has 5 aromatic rings. The number of pyridine rings is 1. The topological polar surface area (TPSA) is 92.4 Å². The molecular formula is C36H33Cl3N2O4. The summed E-state index contributed by atoms with van der Waals surface area (Å²) in [6, 6.07) is 21.2. The molecule has 2 heterocycles. The number of para-hydroxylation sites is 1. The van der Waals surface area contributed by atoms with E-state index in [9.17, 15) is 14.7 Å². The van der Waals surface area contributed by atoms with E-state index < -0.39 is 5.41 Å². The number of amides is 1. The predicted molar refractivity (Wildman–Crippen MR) is 182 cm³/mol. The molecule has 6 nitrogen and oxygen atoms in total. The number of fused-ring (bicyclic) bond motifs is 1. The first-order valence-electron chi connectivity index (χ1n) is 14.7. The average molecular weight is 664 g/mol. The number of carbonyl (C=O) groups is 2. The molecule has 0 aliphatic rings. The highest BCUT2D eigenvalue weighted by Gasteiger charge is 2.31. The number of unbranched alkanes of at least 4 members (excludes halogenated alkanes) is 2. The number of hydrogen-bond donors (Lipinski definition) is 2. The smallest absolute Gasteiger partial charge is 0.255 e. The van der Waals surface area contributed by atoms with Gasteiger partial charge in [-0.15, -0.1) is 0 Å². The number of phenolic OH excluding ortho intramolecular Hbond substituents is 1. The van der Waals surface area contributed by atoms with Gasteiger partial charge in [0.2, 0.25) is 11.5 Å². The molecule has 2 N–H and O–H groups in total. The molecule has 45 heavy (non-hydrogen) atoms. The van der Waals surface area contributed by atoms with Gasteiger partial charge in [-0.3, -0.25) is 9.59 Å². The highest BCUT2D eigenvalue weighted by molar-refractivity contribution is 6.36. The van der Waals surface area contributed by atoms with Gasteiger partial charge in [0.1, 0.15) is 5.75 Å². The number of rotatable bonds is 10. The maximum absolute atomic E-state index is 13.6. The lowest BCUT2D eigenvalue weighted by Crippen LogP contribution is -2.24. The number of carbonyl (C=O) groups excluding carboxylic acids is 2. The second kappa shape index (κ2) is 13.7. The minimum Gasteiger partial charge on any atom is -0.507 e. The number of furan rings is 1. The SMILES string of the molecule is CC(C)(C)C(=O)c1oc2nc(-c3ccc(Cl)cc3Cl)c(-c3ccc(Cl)cc3)cc2c1CCCCCNC(=O)c1ccccc1O. The van der Waals surface area contributed by atoms with Gasteiger partial charge in [-0.1, -0.05) is 86.3 Å². The van der Waals surface area contributed by atoms with Gasteiger partial charge in [0, 0.05) is 44.1 Å². The molecule has 232 valence electrons. The first kappa shape index (κ1) is 32.6. The molecule has 0 bridgehead atoms. The average Bonchev–Trinajstić information content (AvgIpc) is 3.35. The Morgan fingerprint density at radius 3 is 2.27 bits per heavy atom. The van der Waals surface area contributed by atoms with Crippen LogP contribution in [0.5, 0.6) is 5.75 Å². The lowest BCUT2D eigenvalue weighted by atomic mass is 9.87. The zero-order chi connectivity index (χ0) is 32.3. The Hall–Kier alpha value is -3.84. The second-order valence-corrected chi connectivity index (χ2v) is 13.2. The highest BCUT2D eigenvalue weighted by atomic mass is 35.5. The third-order valence-electron chi connectivity index (χ3n) is 7.55. The number of Topliss-reactive ketones (excluding diaryl/α,β-unsaturated/α-hetero) is 1. The van der Waals surface area contributed by atoms with Gasteiger partial charge >= 0.3 is 0 Å². The van der Waals surface area contributed by atoms with Crippen molar-refractivity contribution in [3.05, 3.63) is 105 Å². The molecule has 3 aromatic carbocycles. The number of benzene rings is 3.